The number of aryl methyl sites for hydroxylation is 1. The van der Waals surface area contributed by atoms with Crippen LogP contribution in [0.5, 0.6) is 11.5 Å². The first kappa shape index (κ1) is 13.4. The fraction of sp³-hybridized carbons (Fsp3) is 0.400. The van der Waals surface area contributed by atoms with Crippen LogP contribution in [0.1, 0.15) is 28.6 Å². The van der Waals surface area contributed by atoms with Crippen LogP contribution in [0.2, 0.25) is 0 Å². The summed E-state index contributed by atoms with van der Waals surface area (Å²) in [5.41, 5.74) is 1.15. The van der Waals surface area contributed by atoms with Gasteiger partial charge in [-0.1, -0.05) is 19.1 Å². The Kier molecular flexibility index (Phi) is 3.89. The molecule has 1 atom stereocenters. The van der Waals surface area contributed by atoms with Gasteiger partial charge in [-0.05, 0) is 25.6 Å². The molecule has 1 N–H and O–H groups in total. The lowest BCUT2D eigenvalue weighted by atomic mass is 10.2. The highest BCUT2D eigenvalue weighted by molar-refractivity contribution is 7.11. The van der Waals surface area contributed by atoms with Gasteiger partial charge in [0.15, 0.2) is 17.6 Å². The monoisotopic (exact) mass is 290 g/mol. The van der Waals surface area contributed by atoms with Crippen molar-refractivity contribution in [3.8, 4) is 11.5 Å². The molecule has 0 fully saturated rings. The first-order chi connectivity index (χ1) is 9.81. The van der Waals surface area contributed by atoms with E-state index in [2.05, 4.69) is 12.2 Å². The Morgan fingerprint density at radius 2 is 2.15 bits per heavy atom. The lowest BCUT2D eigenvalue weighted by Gasteiger charge is -2.24. The van der Waals surface area contributed by atoms with Gasteiger partial charge in [0.2, 0.25) is 0 Å². The molecule has 1 aliphatic rings. The normalized spacial score (nSPS) is 17.2. The zero-order chi connectivity index (χ0) is 13.9. The first-order valence-electron chi connectivity index (χ1n) is 6.83. The zero-order valence-corrected chi connectivity index (χ0v) is 12.5. The van der Waals surface area contributed by atoms with Gasteiger partial charge in [0.05, 0.1) is 5.69 Å². The number of para-hydroxylation sites is 2. The third kappa shape index (κ3) is 2.51. The van der Waals surface area contributed by atoms with Crippen molar-refractivity contribution in [2.45, 2.75) is 26.0 Å². The van der Waals surface area contributed by atoms with Gasteiger partial charge in [-0.2, -0.15) is 0 Å². The smallest absolute Gasteiger partial charge is 0.184 e. The van der Waals surface area contributed by atoms with Crippen LogP contribution < -0.4 is 14.8 Å². The fourth-order valence-corrected chi connectivity index (χ4v) is 3.44. The van der Waals surface area contributed by atoms with Crippen molar-refractivity contribution in [2.75, 3.05) is 13.7 Å². The van der Waals surface area contributed by atoms with Crippen LogP contribution in [0.4, 0.5) is 0 Å². The Morgan fingerprint density at radius 3 is 2.90 bits per heavy atom. The highest BCUT2D eigenvalue weighted by atomic mass is 32.1. The van der Waals surface area contributed by atoms with Crippen molar-refractivity contribution >= 4 is 11.3 Å². The van der Waals surface area contributed by atoms with Crippen molar-refractivity contribution in [1.82, 2.24) is 10.3 Å². The number of aromatic nitrogens is 1. The summed E-state index contributed by atoms with van der Waals surface area (Å²) in [5, 5.41) is 4.19. The van der Waals surface area contributed by atoms with E-state index in [4.69, 9.17) is 14.5 Å². The van der Waals surface area contributed by atoms with Crippen molar-refractivity contribution in [2.24, 2.45) is 0 Å². The van der Waals surface area contributed by atoms with Crippen LogP contribution in [0.3, 0.4) is 0 Å². The Morgan fingerprint density at radius 1 is 1.35 bits per heavy atom. The molecule has 1 aromatic carbocycles. The third-order valence-electron chi connectivity index (χ3n) is 3.25. The number of nitrogens with one attached hydrogen (secondary N) is 1. The molecule has 2 heterocycles. The van der Waals surface area contributed by atoms with Crippen LogP contribution in [-0.2, 0) is 13.0 Å². The predicted molar refractivity (Wildman–Crippen MR) is 79.6 cm³/mol. The number of hydrogen-bond acceptors (Lipinski definition) is 5. The van der Waals surface area contributed by atoms with Crippen LogP contribution in [-0.4, -0.2) is 18.6 Å². The minimum absolute atomic E-state index is 0.106. The second-order valence-corrected chi connectivity index (χ2v) is 5.79. The maximum Gasteiger partial charge on any atom is 0.184 e. The van der Waals surface area contributed by atoms with E-state index in [1.54, 1.807) is 11.3 Å². The lowest BCUT2D eigenvalue weighted by molar-refractivity contribution is 0.0910. The van der Waals surface area contributed by atoms with E-state index in [9.17, 15) is 0 Å². The summed E-state index contributed by atoms with van der Waals surface area (Å²) in [7, 11) is 1.95. The maximum atomic E-state index is 6.01. The van der Waals surface area contributed by atoms with Crippen LogP contribution in [0.15, 0.2) is 24.3 Å². The Bertz CT molecular complexity index is 597. The van der Waals surface area contributed by atoms with Crippen LogP contribution in [0, 0.1) is 0 Å². The second-order valence-electron chi connectivity index (χ2n) is 4.67. The number of benzene rings is 1. The lowest BCUT2D eigenvalue weighted by Crippen LogP contribution is -2.21. The van der Waals surface area contributed by atoms with Crippen LogP contribution in [0.25, 0.3) is 0 Å². The molecule has 2 aromatic rings. The van der Waals surface area contributed by atoms with E-state index in [-0.39, 0.29) is 6.10 Å². The molecule has 0 spiro atoms. The number of fused-ring (bicyclic) bond motifs is 1. The molecule has 1 aromatic heterocycles. The van der Waals surface area contributed by atoms with Gasteiger partial charge in [-0.25, -0.2) is 4.98 Å². The van der Waals surface area contributed by atoms with E-state index >= 15 is 0 Å². The van der Waals surface area contributed by atoms with E-state index in [1.807, 2.05) is 31.3 Å². The Labute approximate surface area is 122 Å². The molecule has 4 nitrogen and oxygen atoms in total. The van der Waals surface area contributed by atoms with Gasteiger partial charge in [0.1, 0.15) is 11.6 Å². The number of rotatable bonds is 4. The molecule has 106 valence electrons. The van der Waals surface area contributed by atoms with E-state index in [0.29, 0.717) is 6.61 Å². The third-order valence-corrected chi connectivity index (χ3v) is 4.44. The molecule has 1 aliphatic heterocycles. The summed E-state index contributed by atoms with van der Waals surface area (Å²) in [4.78, 5) is 6.00. The van der Waals surface area contributed by atoms with E-state index in [0.717, 1.165) is 35.2 Å². The number of thiazole rings is 1. The molecule has 1 unspecified atom stereocenters. The van der Waals surface area contributed by atoms with Crippen molar-refractivity contribution < 1.29 is 9.47 Å². The minimum Gasteiger partial charge on any atom is -0.485 e. The highest BCUT2D eigenvalue weighted by Crippen LogP contribution is 2.37. The quantitative estimate of drug-likeness (QED) is 0.940. The molecule has 5 heteroatoms. The SMILES string of the molecule is CCc1nc(C2COc3ccccc3O2)sc1CNC. The molecule has 0 saturated carbocycles. The molecule has 0 bridgehead atoms. The fourth-order valence-electron chi connectivity index (χ4n) is 2.26. The maximum absolute atomic E-state index is 6.01. The first-order valence-corrected chi connectivity index (χ1v) is 7.65. The molecular weight excluding hydrogens is 272 g/mol. The Hall–Kier alpha value is -1.59. The average Bonchev–Trinajstić information content (AvgIpc) is 2.90. The molecule has 0 amide bonds. The van der Waals surface area contributed by atoms with Gasteiger partial charge in [-0.3, -0.25) is 0 Å². The largest absolute Gasteiger partial charge is 0.485 e. The second kappa shape index (κ2) is 5.81. The van der Waals surface area contributed by atoms with Crippen molar-refractivity contribution in [3.63, 3.8) is 0 Å². The van der Waals surface area contributed by atoms with Crippen molar-refractivity contribution in [3.05, 3.63) is 39.8 Å². The van der Waals surface area contributed by atoms with E-state index in [1.165, 1.54) is 4.88 Å². The highest BCUT2D eigenvalue weighted by Gasteiger charge is 2.26. The Balaban J connectivity index is 1.84. The summed E-state index contributed by atoms with van der Waals surface area (Å²) in [6.45, 7) is 3.50. The average molecular weight is 290 g/mol. The number of hydrogen-bond donors (Lipinski definition) is 1. The van der Waals surface area contributed by atoms with Gasteiger partial charge in [0.25, 0.3) is 0 Å². The van der Waals surface area contributed by atoms with Gasteiger partial charge >= 0.3 is 0 Å². The molecule has 20 heavy (non-hydrogen) atoms. The summed E-state index contributed by atoms with van der Waals surface area (Å²) >= 11 is 1.71. The molecule has 0 aliphatic carbocycles. The minimum atomic E-state index is -0.106. The summed E-state index contributed by atoms with van der Waals surface area (Å²) in [5.74, 6) is 1.61. The zero-order valence-electron chi connectivity index (χ0n) is 11.7. The topological polar surface area (TPSA) is 43.4 Å². The number of nitrogens with zero attached hydrogens (tertiary/aromatic N) is 1. The predicted octanol–water partition coefficient (Wildman–Crippen LogP) is 2.94. The van der Waals surface area contributed by atoms with Gasteiger partial charge in [0, 0.05) is 11.4 Å². The van der Waals surface area contributed by atoms with Crippen molar-refractivity contribution in [1.29, 1.82) is 0 Å². The number of ether oxygens (including phenoxy) is 2. The molecular formula is C15H18N2O2S. The summed E-state index contributed by atoms with van der Waals surface area (Å²) in [6.07, 6.45) is 0.836. The van der Waals surface area contributed by atoms with Gasteiger partial charge < -0.3 is 14.8 Å². The standard InChI is InChI=1S/C15H18N2O2S/c1-3-10-14(8-16-2)20-15(17-10)13-9-18-11-6-4-5-7-12(11)19-13/h4-7,13,16H,3,8-9H2,1-2H3. The molecule has 3 rings (SSSR count). The van der Waals surface area contributed by atoms with Crippen LogP contribution >= 0.6 is 11.3 Å². The van der Waals surface area contributed by atoms with Gasteiger partial charge in [-0.15, -0.1) is 11.3 Å². The molecule has 0 saturated heterocycles. The summed E-state index contributed by atoms with van der Waals surface area (Å²) in [6, 6.07) is 7.77. The summed E-state index contributed by atoms with van der Waals surface area (Å²) < 4.78 is 11.8. The molecule has 0 radical (unpaired) electrons. The van der Waals surface area contributed by atoms with E-state index < -0.39 is 0 Å².